The zero-order chi connectivity index (χ0) is 13.4. The maximum Gasteiger partial charge on any atom is 0.311 e. The number of aliphatic carboxylic acids is 1. The van der Waals surface area contributed by atoms with Crippen LogP contribution in [0.1, 0.15) is 45.4 Å². The van der Waals surface area contributed by atoms with Gasteiger partial charge in [0.05, 0.1) is 11.0 Å². The predicted octanol–water partition coefficient (Wildman–Crippen LogP) is 0.971. The molecule has 2 aliphatic rings. The predicted molar refractivity (Wildman–Crippen MR) is 66.9 cm³/mol. The molecule has 5 nitrogen and oxygen atoms in total. The van der Waals surface area contributed by atoms with Crippen LogP contribution in [-0.4, -0.2) is 40.5 Å². The summed E-state index contributed by atoms with van der Waals surface area (Å²) in [6.07, 6.45) is 4.46. The molecule has 18 heavy (non-hydrogen) atoms. The van der Waals surface area contributed by atoms with E-state index in [-0.39, 0.29) is 5.91 Å². The number of carboxylic acids is 1. The van der Waals surface area contributed by atoms with Gasteiger partial charge in [0, 0.05) is 13.1 Å². The van der Waals surface area contributed by atoms with Crippen LogP contribution in [0.5, 0.6) is 0 Å². The van der Waals surface area contributed by atoms with Crippen molar-refractivity contribution >= 4 is 11.9 Å². The summed E-state index contributed by atoms with van der Waals surface area (Å²) in [7, 11) is 0. The number of hydrogen-bond donors (Lipinski definition) is 2. The summed E-state index contributed by atoms with van der Waals surface area (Å²) >= 11 is 0. The van der Waals surface area contributed by atoms with Crippen LogP contribution >= 0.6 is 0 Å². The lowest BCUT2D eigenvalue weighted by Crippen LogP contribution is -2.59. The second-order valence-corrected chi connectivity index (χ2v) is 5.82. The molecule has 0 aromatic rings. The molecule has 1 amide bonds. The Balaban J connectivity index is 2.06. The summed E-state index contributed by atoms with van der Waals surface area (Å²) < 4.78 is 0. The third-order valence-corrected chi connectivity index (χ3v) is 4.49. The van der Waals surface area contributed by atoms with Crippen LogP contribution < -0.4 is 5.73 Å². The molecular formula is C13H22N2O3. The van der Waals surface area contributed by atoms with Crippen molar-refractivity contribution in [2.24, 2.45) is 11.1 Å². The van der Waals surface area contributed by atoms with Crippen LogP contribution in [0.25, 0.3) is 0 Å². The van der Waals surface area contributed by atoms with Crippen molar-refractivity contribution in [2.45, 2.75) is 51.0 Å². The topological polar surface area (TPSA) is 83.6 Å². The molecule has 1 saturated heterocycles. The Morgan fingerprint density at radius 3 is 2.44 bits per heavy atom. The SMILES string of the molecule is CCCC1(C(=O)O)CCN(C(=O)C2(N)CCC2)C1. The minimum atomic E-state index is -0.778. The van der Waals surface area contributed by atoms with Crippen molar-refractivity contribution in [3.05, 3.63) is 0 Å². The van der Waals surface area contributed by atoms with E-state index in [9.17, 15) is 14.7 Å². The first-order valence-electron chi connectivity index (χ1n) is 6.75. The summed E-state index contributed by atoms with van der Waals surface area (Å²) in [5, 5.41) is 9.40. The zero-order valence-electron chi connectivity index (χ0n) is 10.9. The number of carbonyl (C=O) groups is 2. The summed E-state index contributed by atoms with van der Waals surface area (Å²) in [5.74, 6) is -0.827. The lowest BCUT2D eigenvalue weighted by atomic mass is 9.76. The molecule has 1 unspecified atom stereocenters. The molecule has 2 rings (SSSR count). The quantitative estimate of drug-likeness (QED) is 0.783. The fourth-order valence-corrected chi connectivity index (χ4v) is 3.10. The van der Waals surface area contributed by atoms with E-state index >= 15 is 0 Å². The van der Waals surface area contributed by atoms with E-state index in [1.807, 2.05) is 6.92 Å². The maximum atomic E-state index is 12.3. The van der Waals surface area contributed by atoms with E-state index in [1.54, 1.807) is 4.90 Å². The smallest absolute Gasteiger partial charge is 0.311 e. The second kappa shape index (κ2) is 4.53. The van der Waals surface area contributed by atoms with E-state index in [2.05, 4.69) is 0 Å². The minimum Gasteiger partial charge on any atom is -0.481 e. The number of rotatable bonds is 4. The fourth-order valence-electron chi connectivity index (χ4n) is 3.10. The molecule has 1 heterocycles. The van der Waals surface area contributed by atoms with Gasteiger partial charge in [-0.1, -0.05) is 13.3 Å². The first-order valence-corrected chi connectivity index (χ1v) is 6.75. The minimum absolute atomic E-state index is 0.0482. The third kappa shape index (κ3) is 2.00. The maximum absolute atomic E-state index is 12.3. The Morgan fingerprint density at radius 2 is 2.00 bits per heavy atom. The van der Waals surface area contributed by atoms with Crippen LogP contribution in [0.3, 0.4) is 0 Å². The highest BCUT2D eigenvalue weighted by Crippen LogP contribution is 2.39. The molecule has 1 atom stereocenters. The molecule has 2 fully saturated rings. The summed E-state index contributed by atoms with van der Waals surface area (Å²) in [4.78, 5) is 25.4. The Kier molecular flexibility index (Phi) is 3.36. The van der Waals surface area contributed by atoms with E-state index in [1.165, 1.54) is 0 Å². The van der Waals surface area contributed by atoms with Gasteiger partial charge in [-0.25, -0.2) is 0 Å². The van der Waals surface area contributed by atoms with Crippen LogP contribution in [0, 0.1) is 5.41 Å². The van der Waals surface area contributed by atoms with Gasteiger partial charge in [-0.05, 0) is 32.1 Å². The van der Waals surface area contributed by atoms with E-state index < -0.39 is 16.9 Å². The molecule has 5 heteroatoms. The Labute approximate surface area is 107 Å². The van der Waals surface area contributed by atoms with Gasteiger partial charge in [0.1, 0.15) is 0 Å². The number of carboxylic acid groups (broad SMARTS) is 1. The van der Waals surface area contributed by atoms with Crippen molar-refractivity contribution in [2.75, 3.05) is 13.1 Å². The van der Waals surface area contributed by atoms with Crippen molar-refractivity contribution < 1.29 is 14.7 Å². The van der Waals surface area contributed by atoms with E-state index in [4.69, 9.17) is 5.73 Å². The molecule has 0 spiro atoms. The Hall–Kier alpha value is -1.10. The molecular weight excluding hydrogens is 232 g/mol. The average molecular weight is 254 g/mol. The highest BCUT2D eigenvalue weighted by atomic mass is 16.4. The van der Waals surface area contributed by atoms with Gasteiger partial charge in [-0.15, -0.1) is 0 Å². The van der Waals surface area contributed by atoms with E-state index in [0.717, 1.165) is 25.7 Å². The van der Waals surface area contributed by atoms with Gasteiger partial charge in [-0.3, -0.25) is 9.59 Å². The lowest BCUT2D eigenvalue weighted by Gasteiger charge is -2.39. The van der Waals surface area contributed by atoms with Crippen LogP contribution in [0.15, 0.2) is 0 Å². The Morgan fingerprint density at radius 1 is 1.33 bits per heavy atom. The molecule has 3 N–H and O–H groups in total. The average Bonchev–Trinajstić information content (AvgIpc) is 2.71. The van der Waals surface area contributed by atoms with Crippen molar-refractivity contribution in [1.29, 1.82) is 0 Å². The summed E-state index contributed by atoms with van der Waals surface area (Å²) in [5.41, 5.74) is 4.57. The monoisotopic (exact) mass is 254 g/mol. The van der Waals surface area contributed by atoms with E-state index in [0.29, 0.717) is 25.9 Å². The number of amides is 1. The standard InChI is InChI=1S/C13H22N2O3/c1-2-4-12(11(17)18)7-8-15(9-12)10(16)13(14)5-3-6-13/h2-9,14H2,1H3,(H,17,18). The number of likely N-dealkylation sites (tertiary alicyclic amines) is 1. The van der Waals surface area contributed by atoms with Crippen LogP contribution in [0.4, 0.5) is 0 Å². The molecule has 0 aromatic carbocycles. The molecule has 1 saturated carbocycles. The third-order valence-electron chi connectivity index (χ3n) is 4.49. The van der Waals surface area contributed by atoms with Crippen LogP contribution in [0.2, 0.25) is 0 Å². The van der Waals surface area contributed by atoms with Crippen molar-refractivity contribution in [3.63, 3.8) is 0 Å². The van der Waals surface area contributed by atoms with Gasteiger partial charge in [0.15, 0.2) is 0 Å². The second-order valence-electron chi connectivity index (χ2n) is 5.82. The number of hydrogen-bond acceptors (Lipinski definition) is 3. The van der Waals surface area contributed by atoms with Gasteiger partial charge in [0.2, 0.25) is 5.91 Å². The van der Waals surface area contributed by atoms with Gasteiger partial charge in [0.25, 0.3) is 0 Å². The highest BCUT2D eigenvalue weighted by molar-refractivity contribution is 5.88. The lowest BCUT2D eigenvalue weighted by molar-refractivity contribution is -0.149. The van der Waals surface area contributed by atoms with Crippen molar-refractivity contribution in [1.82, 2.24) is 4.90 Å². The van der Waals surface area contributed by atoms with Crippen LogP contribution in [-0.2, 0) is 9.59 Å². The van der Waals surface area contributed by atoms with Gasteiger partial charge in [-0.2, -0.15) is 0 Å². The normalized spacial score (nSPS) is 30.0. The summed E-state index contributed by atoms with van der Waals surface area (Å²) in [6.45, 7) is 2.84. The number of nitrogens with zero attached hydrogens (tertiary/aromatic N) is 1. The highest BCUT2D eigenvalue weighted by Gasteiger charge is 2.50. The van der Waals surface area contributed by atoms with Gasteiger partial charge < -0.3 is 15.7 Å². The molecule has 102 valence electrons. The zero-order valence-corrected chi connectivity index (χ0v) is 10.9. The molecule has 1 aliphatic heterocycles. The molecule has 0 aromatic heterocycles. The number of carbonyl (C=O) groups excluding carboxylic acids is 1. The summed E-state index contributed by atoms with van der Waals surface area (Å²) in [6, 6.07) is 0. The molecule has 0 radical (unpaired) electrons. The van der Waals surface area contributed by atoms with Gasteiger partial charge >= 0.3 is 5.97 Å². The number of nitrogens with two attached hydrogens (primary N) is 1. The Bertz CT molecular complexity index is 365. The van der Waals surface area contributed by atoms with Crippen molar-refractivity contribution in [3.8, 4) is 0 Å². The molecule has 0 bridgehead atoms. The first kappa shape index (κ1) is 13.3. The molecule has 1 aliphatic carbocycles. The fraction of sp³-hybridized carbons (Fsp3) is 0.846. The first-order chi connectivity index (χ1) is 8.43. The largest absolute Gasteiger partial charge is 0.481 e.